The highest BCUT2D eigenvalue weighted by atomic mass is 32.1. The van der Waals surface area contributed by atoms with Gasteiger partial charge in [0.15, 0.2) is 5.76 Å². The van der Waals surface area contributed by atoms with E-state index in [1.54, 1.807) is 34.4 Å². The first kappa shape index (κ1) is 17.1. The van der Waals surface area contributed by atoms with Crippen molar-refractivity contribution >= 4 is 23.3 Å². The van der Waals surface area contributed by atoms with Crippen LogP contribution in [0.4, 0.5) is 0 Å². The van der Waals surface area contributed by atoms with Crippen LogP contribution in [0.5, 0.6) is 0 Å². The Morgan fingerprint density at radius 1 is 1.40 bits per heavy atom. The summed E-state index contributed by atoms with van der Waals surface area (Å²) in [7, 11) is 0. The second-order valence-corrected chi connectivity index (χ2v) is 6.42. The molecule has 0 saturated heterocycles. The van der Waals surface area contributed by atoms with Gasteiger partial charge in [0, 0.05) is 18.0 Å². The first-order chi connectivity index (χ1) is 12.2. The van der Waals surface area contributed by atoms with Gasteiger partial charge in [-0.2, -0.15) is 0 Å². The maximum absolute atomic E-state index is 12.5. The van der Waals surface area contributed by atoms with Crippen molar-refractivity contribution in [1.82, 2.24) is 20.1 Å². The zero-order chi connectivity index (χ0) is 17.6. The molecule has 130 valence electrons. The molecule has 1 amide bonds. The van der Waals surface area contributed by atoms with Gasteiger partial charge in [0.25, 0.3) is 5.89 Å². The van der Waals surface area contributed by atoms with Gasteiger partial charge in [-0.1, -0.05) is 6.92 Å². The molecule has 0 N–H and O–H groups in total. The maximum Gasteiger partial charge on any atom is 0.283 e. The van der Waals surface area contributed by atoms with Crippen molar-refractivity contribution in [3.63, 3.8) is 0 Å². The summed E-state index contributed by atoms with van der Waals surface area (Å²) in [6.45, 7) is 4.79. The third-order valence-corrected chi connectivity index (χ3v) is 4.16. The van der Waals surface area contributed by atoms with E-state index in [1.807, 2.05) is 19.2 Å². The van der Waals surface area contributed by atoms with Crippen molar-refractivity contribution in [3.8, 4) is 11.7 Å². The molecule has 3 aromatic rings. The van der Waals surface area contributed by atoms with E-state index in [1.165, 1.54) is 12.3 Å². The van der Waals surface area contributed by atoms with Gasteiger partial charge >= 0.3 is 0 Å². The highest BCUT2D eigenvalue weighted by molar-refractivity contribution is 7.09. The Labute approximate surface area is 149 Å². The van der Waals surface area contributed by atoms with Gasteiger partial charge in [-0.15, -0.1) is 21.5 Å². The predicted molar refractivity (Wildman–Crippen MR) is 93.6 cm³/mol. The molecule has 0 radical (unpaired) electrons. The average Bonchev–Trinajstić information content (AvgIpc) is 3.33. The molecule has 3 aromatic heterocycles. The van der Waals surface area contributed by atoms with E-state index in [0.29, 0.717) is 24.1 Å². The third kappa shape index (κ3) is 4.42. The fourth-order valence-electron chi connectivity index (χ4n) is 2.24. The number of hydrogen-bond acceptors (Lipinski definition) is 7. The molecule has 0 fully saturated rings. The number of carbonyl (C=O) groups excluding carboxylic acids is 1. The molecule has 0 bridgehead atoms. The summed E-state index contributed by atoms with van der Waals surface area (Å²) < 4.78 is 10.8. The Morgan fingerprint density at radius 2 is 2.28 bits per heavy atom. The van der Waals surface area contributed by atoms with Crippen molar-refractivity contribution in [1.29, 1.82) is 0 Å². The summed E-state index contributed by atoms with van der Waals surface area (Å²) >= 11 is 1.55. The van der Waals surface area contributed by atoms with Crippen LogP contribution in [0.3, 0.4) is 0 Å². The molecule has 8 heteroatoms. The number of nitrogens with zero attached hydrogens (tertiary/aromatic N) is 4. The summed E-state index contributed by atoms with van der Waals surface area (Å²) in [6, 6.07) is 3.49. The summed E-state index contributed by atoms with van der Waals surface area (Å²) in [5, 5.41) is 10.8. The van der Waals surface area contributed by atoms with Crippen LogP contribution < -0.4 is 0 Å². The van der Waals surface area contributed by atoms with E-state index in [4.69, 9.17) is 8.83 Å². The smallest absolute Gasteiger partial charge is 0.283 e. The quantitative estimate of drug-likeness (QED) is 0.601. The van der Waals surface area contributed by atoms with Gasteiger partial charge in [-0.3, -0.25) is 4.79 Å². The normalized spacial score (nSPS) is 11.3. The van der Waals surface area contributed by atoms with Gasteiger partial charge in [0.2, 0.25) is 11.8 Å². The molecule has 0 atom stereocenters. The standard InChI is InChI=1S/C17H18N4O3S/c1-3-8-21(16(22)7-6-13-11-25-12(2)18-13)10-15-19-20-17(24-15)14-5-4-9-23-14/h4-7,9,11H,3,8,10H2,1-2H3/b7-6+. The van der Waals surface area contributed by atoms with Crippen LogP contribution in [-0.4, -0.2) is 32.5 Å². The van der Waals surface area contributed by atoms with Crippen molar-refractivity contribution in [3.05, 3.63) is 46.4 Å². The molecule has 25 heavy (non-hydrogen) atoms. The second-order valence-electron chi connectivity index (χ2n) is 5.36. The maximum atomic E-state index is 12.5. The number of aromatic nitrogens is 3. The third-order valence-electron chi connectivity index (χ3n) is 3.36. The van der Waals surface area contributed by atoms with E-state index in [0.717, 1.165) is 17.1 Å². The number of thiazole rings is 1. The lowest BCUT2D eigenvalue weighted by Gasteiger charge is -2.18. The zero-order valence-electron chi connectivity index (χ0n) is 14.0. The van der Waals surface area contributed by atoms with Gasteiger partial charge in [-0.05, 0) is 31.6 Å². The van der Waals surface area contributed by atoms with Crippen LogP contribution >= 0.6 is 11.3 Å². The summed E-state index contributed by atoms with van der Waals surface area (Å²) in [5.41, 5.74) is 0.783. The minimum absolute atomic E-state index is 0.120. The van der Waals surface area contributed by atoms with Gasteiger partial charge in [0.1, 0.15) is 0 Å². The molecule has 0 aliphatic heterocycles. The minimum Gasteiger partial charge on any atom is -0.459 e. The van der Waals surface area contributed by atoms with E-state index in [2.05, 4.69) is 15.2 Å². The van der Waals surface area contributed by atoms with Gasteiger partial charge in [0.05, 0.1) is 23.5 Å². The van der Waals surface area contributed by atoms with Crippen LogP contribution in [-0.2, 0) is 11.3 Å². The predicted octanol–water partition coefficient (Wildman–Crippen LogP) is 3.55. The number of furan rings is 1. The van der Waals surface area contributed by atoms with Gasteiger partial charge in [-0.25, -0.2) is 4.98 Å². The first-order valence-corrected chi connectivity index (χ1v) is 8.79. The molecule has 0 spiro atoms. The highest BCUT2D eigenvalue weighted by Gasteiger charge is 2.16. The van der Waals surface area contributed by atoms with E-state index in [9.17, 15) is 4.79 Å². The number of carbonyl (C=O) groups is 1. The first-order valence-electron chi connectivity index (χ1n) is 7.91. The van der Waals surface area contributed by atoms with Crippen LogP contribution in [0.1, 0.15) is 29.9 Å². The SMILES string of the molecule is CCCN(Cc1nnc(-c2ccco2)o1)C(=O)/C=C/c1csc(C)n1. The largest absolute Gasteiger partial charge is 0.459 e. The lowest BCUT2D eigenvalue weighted by molar-refractivity contribution is -0.126. The Kier molecular flexibility index (Phi) is 5.39. The van der Waals surface area contributed by atoms with E-state index >= 15 is 0 Å². The number of hydrogen-bond donors (Lipinski definition) is 0. The van der Waals surface area contributed by atoms with Crippen molar-refractivity contribution < 1.29 is 13.6 Å². The molecular weight excluding hydrogens is 340 g/mol. The Morgan fingerprint density at radius 3 is 2.96 bits per heavy atom. The van der Waals surface area contributed by atoms with Gasteiger partial charge < -0.3 is 13.7 Å². The summed E-state index contributed by atoms with van der Waals surface area (Å²) in [5.74, 6) is 1.06. The molecule has 0 saturated carbocycles. The highest BCUT2D eigenvalue weighted by Crippen LogP contribution is 2.18. The van der Waals surface area contributed by atoms with Crippen LogP contribution in [0.25, 0.3) is 17.7 Å². The van der Waals surface area contributed by atoms with Crippen LogP contribution in [0, 0.1) is 6.92 Å². The number of amides is 1. The molecule has 0 aliphatic rings. The Balaban J connectivity index is 1.68. The molecule has 3 rings (SSSR count). The summed E-state index contributed by atoms with van der Waals surface area (Å²) in [4.78, 5) is 18.4. The number of rotatable bonds is 7. The molecule has 0 aliphatic carbocycles. The topological polar surface area (TPSA) is 85.3 Å². The second kappa shape index (κ2) is 7.89. The molecule has 3 heterocycles. The van der Waals surface area contributed by atoms with E-state index in [-0.39, 0.29) is 12.5 Å². The fourth-order valence-corrected chi connectivity index (χ4v) is 2.82. The van der Waals surface area contributed by atoms with Crippen molar-refractivity contribution in [2.45, 2.75) is 26.8 Å². The van der Waals surface area contributed by atoms with E-state index < -0.39 is 0 Å². The van der Waals surface area contributed by atoms with Crippen molar-refractivity contribution in [2.75, 3.05) is 6.54 Å². The number of aryl methyl sites for hydroxylation is 1. The molecule has 0 unspecified atom stereocenters. The lowest BCUT2D eigenvalue weighted by Crippen LogP contribution is -2.29. The monoisotopic (exact) mass is 358 g/mol. The summed E-state index contributed by atoms with van der Waals surface area (Å²) in [6.07, 6.45) is 5.61. The molecule has 0 aromatic carbocycles. The van der Waals surface area contributed by atoms with Crippen molar-refractivity contribution in [2.24, 2.45) is 0 Å². The zero-order valence-corrected chi connectivity index (χ0v) is 14.8. The van der Waals surface area contributed by atoms with Crippen LogP contribution in [0.2, 0.25) is 0 Å². The lowest BCUT2D eigenvalue weighted by atomic mass is 10.3. The Hall–Kier alpha value is -2.74. The average molecular weight is 358 g/mol. The molecular formula is C17H18N4O3S. The minimum atomic E-state index is -0.120. The Bertz CT molecular complexity index is 851. The molecule has 7 nitrogen and oxygen atoms in total. The van der Waals surface area contributed by atoms with Crippen LogP contribution in [0.15, 0.2) is 38.7 Å². The fraction of sp³-hybridized carbons (Fsp3) is 0.294.